The second-order valence-corrected chi connectivity index (χ2v) is 7.99. The van der Waals surface area contributed by atoms with Crippen LogP contribution in [0.2, 0.25) is 0 Å². The van der Waals surface area contributed by atoms with Crippen molar-refractivity contribution in [3.05, 3.63) is 65.7 Å². The molecule has 136 valence electrons. The van der Waals surface area contributed by atoms with Crippen LogP contribution in [0.5, 0.6) is 5.75 Å². The molecule has 0 bridgehead atoms. The van der Waals surface area contributed by atoms with Crippen molar-refractivity contribution in [3.63, 3.8) is 0 Å². The lowest BCUT2D eigenvalue weighted by molar-refractivity contribution is -0.108. The second-order valence-electron chi connectivity index (χ2n) is 7.99. The Labute approximate surface area is 153 Å². The van der Waals surface area contributed by atoms with Gasteiger partial charge >= 0.3 is 0 Å². The Morgan fingerprint density at radius 1 is 0.920 bits per heavy atom. The Balaban J connectivity index is 2.02. The zero-order valence-corrected chi connectivity index (χ0v) is 16.3. The molecule has 0 aliphatic heterocycles. The highest BCUT2D eigenvalue weighted by molar-refractivity contribution is 5.29. The highest BCUT2D eigenvalue weighted by Gasteiger charge is 2.21. The highest BCUT2D eigenvalue weighted by Crippen LogP contribution is 2.27. The molecular weight excluding hydrogens is 308 g/mol. The van der Waals surface area contributed by atoms with Crippen molar-refractivity contribution in [2.45, 2.75) is 66.3 Å². The van der Waals surface area contributed by atoms with Crippen LogP contribution in [-0.4, -0.2) is 6.29 Å². The van der Waals surface area contributed by atoms with E-state index in [1.807, 2.05) is 18.2 Å². The van der Waals surface area contributed by atoms with E-state index in [1.54, 1.807) is 0 Å². The van der Waals surface area contributed by atoms with Gasteiger partial charge in [-0.3, -0.25) is 0 Å². The average molecular weight is 341 g/mol. The standard InChI is InChI=1S/C23H32O2/c1-6-18(2)20-12-14-21(15-13-20)25-22(16-23(3,4)5)24-17-19-10-8-7-9-11-19/h7-15,18,22H,6,16-17H2,1-5H3. The Kier molecular flexibility index (Phi) is 7.07. The van der Waals surface area contributed by atoms with E-state index in [0.29, 0.717) is 12.5 Å². The maximum Gasteiger partial charge on any atom is 0.200 e. The van der Waals surface area contributed by atoms with Gasteiger partial charge in [0.15, 0.2) is 0 Å². The zero-order valence-electron chi connectivity index (χ0n) is 16.3. The number of rotatable bonds is 8. The predicted octanol–water partition coefficient (Wildman–Crippen LogP) is 6.56. The minimum Gasteiger partial charge on any atom is -0.465 e. The molecule has 0 spiro atoms. The van der Waals surface area contributed by atoms with Gasteiger partial charge in [0.2, 0.25) is 6.29 Å². The maximum atomic E-state index is 6.16. The minimum atomic E-state index is -0.255. The van der Waals surface area contributed by atoms with Crippen LogP contribution in [0.1, 0.15) is 64.5 Å². The summed E-state index contributed by atoms with van der Waals surface area (Å²) in [4.78, 5) is 0. The first-order valence-corrected chi connectivity index (χ1v) is 9.29. The molecule has 0 saturated carbocycles. The van der Waals surface area contributed by atoms with Crippen molar-refractivity contribution < 1.29 is 9.47 Å². The molecule has 2 rings (SSSR count). The summed E-state index contributed by atoms with van der Waals surface area (Å²) in [6.07, 6.45) is 1.73. The normalized spacial score (nSPS) is 14.1. The van der Waals surface area contributed by atoms with Crippen LogP contribution >= 0.6 is 0 Å². The smallest absolute Gasteiger partial charge is 0.200 e. The fourth-order valence-electron chi connectivity index (χ4n) is 2.66. The molecule has 0 aromatic heterocycles. The minimum absolute atomic E-state index is 0.137. The van der Waals surface area contributed by atoms with Crippen molar-refractivity contribution in [1.82, 2.24) is 0 Å². The molecule has 0 radical (unpaired) electrons. The third-order valence-corrected chi connectivity index (χ3v) is 4.39. The quantitative estimate of drug-likeness (QED) is 0.507. The van der Waals surface area contributed by atoms with E-state index in [2.05, 4.69) is 71.0 Å². The number of benzene rings is 2. The Bertz CT molecular complexity index is 611. The molecule has 2 aromatic rings. The van der Waals surface area contributed by atoms with E-state index in [0.717, 1.165) is 24.2 Å². The van der Waals surface area contributed by atoms with E-state index in [-0.39, 0.29) is 11.7 Å². The number of ether oxygens (including phenoxy) is 2. The van der Waals surface area contributed by atoms with Gasteiger partial charge in [0.1, 0.15) is 5.75 Å². The molecule has 2 atom stereocenters. The van der Waals surface area contributed by atoms with Crippen molar-refractivity contribution in [1.29, 1.82) is 0 Å². The van der Waals surface area contributed by atoms with Gasteiger partial charge in [-0.15, -0.1) is 0 Å². The van der Waals surface area contributed by atoms with E-state index in [9.17, 15) is 0 Å². The van der Waals surface area contributed by atoms with Gasteiger partial charge in [-0.05, 0) is 41.0 Å². The molecule has 0 fully saturated rings. The van der Waals surface area contributed by atoms with Gasteiger partial charge in [-0.2, -0.15) is 0 Å². The third-order valence-electron chi connectivity index (χ3n) is 4.39. The molecule has 25 heavy (non-hydrogen) atoms. The van der Waals surface area contributed by atoms with Crippen molar-refractivity contribution in [2.75, 3.05) is 0 Å². The Morgan fingerprint density at radius 3 is 2.12 bits per heavy atom. The summed E-state index contributed by atoms with van der Waals surface area (Å²) in [6, 6.07) is 18.7. The topological polar surface area (TPSA) is 18.5 Å². The lowest BCUT2D eigenvalue weighted by Crippen LogP contribution is -2.26. The van der Waals surface area contributed by atoms with Gasteiger partial charge in [0.05, 0.1) is 6.61 Å². The Hall–Kier alpha value is -1.80. The first kappa shape index (κ1) is 19.5. The first-order valence-electron chi connectivity index (χ1n) is 9.29. The van der Waals surface area contributed by atoms with Gasteiger partial charge < -0.3 is 9.47 Å². The van der Waals surface area contributed by atoms with Gasteiger partial charge in [-0.1, -0.05) is 77.1 Å². The predicted molar refractivity (Wildman–Crippen MR) is 105 cm³/mol. The third kappa shape index (κ3) is 6.91. The second kappa shape index (κ2) is 9.05. The monoisotopic (exact) mass is 340 g/mol. The van der Waals surface area contributed by atoms with Crippen LogP contribution in [-0.2, 0) is 11.3 Å². The van der Waals surface area contributed by atoms with Crippen LogP contribution < -0.4 is 4.74 Å². The van der Waals surface area contributed by atoms with Crippen LogP contribution in [0.25, 0.3) is 0 Å². The molecule has 0 aliphatic carbocycles. The number of hydrogen-bond acceptors (Lipinski definition) is 2. The summed E-state index contributed by atoms with van der Waals surface area (Å²) in [7, 11) is 0. The maximum absolute atomic E-state index is 6.16. The summed E-state index contributed by atoms with van der Waals surface area (Å²) in [5.41, 5.74) is 2.66. The van der Waals surface area contributed by atoms with Crippen LogP contribution in [0, 0.1) is 5.41 Å². The summed E-state index contributed by atoms with van der Waals surface area (Å²) in [5.74, 6) is 1.45. The highest BCUT2D eigenvalue weighted by atomic mass is 16.7. The van der Waals surface area contributed by atoms with E-state index >= 15 is 0 Å². The van der Waals surface area contributed by atoms with Crippen molar-refractivity contribution >= 4 is 0 Å². The SMILES string of the molecule is CCC(C)c1ccc(OC(CC(C)(C)C)OCc2ccccc2)cc1. The zero-order chi connectivity index (χ0) is 18.3. The van der Waals surface area contributed by atoms with E-state index < -0.39 is 0 Å². The van der Waals surface area contributed by atoms with Gasteiger partial charge in [-0.25, -0.2) is 0 Å². The van der Waals surface area contributed by atoms with Crippen LogP contribution in [0.3, 0.4) is 0 Å². The molecular formula is C23H32O2. The van der Waals surface area contributed by atoms with Crippen LogP contribution in [0.15, 0.2) is 54.6 Å². The van der Waals surface area contributed by atoms with Crippen molar-refractivity contribution in [3.8, 4) is 5.75 Å². The summed E-state index contributed by atoms with van der Waals surface area (Å²) >= 11 is 0. The molecule has 0 aliphatic rings. The lowest BCUT2D eigenvalue weighted by Gasteiger charge is -2.27. The first-order chi connectivity index (χ1) is 11.9. The lowest BCUT2D eigenvalue weighted by atomic mass is 9.92. The summed E-state index contributed by atoms with van der Waals surface area (Å²) in [5, 5.41) is 0. The molecule has 0 amide bonds. The van der Waals surface area contributed by atoms with Gasteiger partial charge in [0, 0.05) is 6.42 Å². The average Bonchev–Trinajstić information content (AvgIpc) is 2.59. The molecule has 0 N–H and O–H groups in total. The molecule has 0 saturated heterocycles. The molecule has 2 nitrogen and oxygen atoms in total. The molecule has 2 heteroatoms. The number of hydrogen-bond donors (Lipinski definition) is 0. The molecule has 2 unspecified atom stereocenters. The van der Waals surface area contributed by atoms with E-state index in [1.165, 1.54) is 5.56 Å². The largest absolute Gasteiger partial charge is 0.465 e. The summed E-state index contributed by atoms with van der Waals surface area (Å²) < 4.78 is 12.2. The Morgan fingerprint density at radius 2 is 1.56 bits per heavy atom. The van der Waals surface area contributed by atoms with Crippen molar-refractivity contribution in [2.24, 2.45) is 5.41 Å². The van der Waals surface area contributed by atoms with Crippen LogP contribution in [0.4, 0.5) is 0 Å². The fraction of sp³-hybridized carbons (Fsp3) is 0.478. The molecule has 2 aromatic carbocycles. The fourth-order valence-corrected chi connectivity index (χ4v) is 2.66. The van der Waals surface area contributed by atoms with E-state index in [4.69, 9.17) is 9.47 Å². The van der Waals surface area contributed by atoms with Gasteiger partial charge in [0.25, 0.3) is 0 Å². The summed E-state index contributed by atoms with van der Waals surface area (Å²) in [6.45, 7) is 11.7. The molecule has 0 heterocycles.